The zero-order chi connectivity index (χ0) is 22.5. The van der Waals surface area contributed by atoms with Crippen molar-refractivity contribution >= 4 is 40.1 Å². The Labute approximate surface area is 192 Å². The summed E-state index contributed by atoms with van der Waals surface area (Å²) in [7, 11) is 0. The Balaban J connectivity index is 1.49. The van der Waals surface area contributed by atoms with Crippen LogP contribution in [0.25, 0.3) is 21.3 Å². The first kappa shape index (κ1) is 22.5. The van der Waals surface area contributed by atoms with Gasteiger partial charge in [0.1, 0.15) is 11.3 Å². The quantitative estimate of drug-likeness (QED) is 0.333. The second kappa shape index (κ2) is 10.3. The van der Waals surface area contributed by atoms with Crippen LogP contribution in [0.4, 0.5) is 5.69 Å². The Morgan fingerprint density at radius 2 is 2.06 bits per heavy atom. The van der Waals surface area contributed by atoms with E-state index in [1.807, 2.05) is 19.1 Å². The minimum atomic E-state index is -0.898. The Morgan fingerprint density at radius 1 is 1.25 bits per heavy atom. The molecule has 2 atom stereocenters. The number of carboxylic acid groups (broad SMARTS) is 1. The Morgan fingerprint density at radius 3 is 2.75 bits per heavy atom. The molecule has 1 saturated carbocycles. The number of unbranched alkanes of at least 4 members (excludes halogenated alkanes) is 1. The lowest BCUT2D eigenvalue weighted by Gasteiger charge is -2.22. The van der Waals surface area contributed by atoms with Crippen molar-refractivity contribution in [2.75, 3.05) is 11.9 Å². The van der Waals surface area contributed by atoms with Gasteiger partial charge in [0.05, 0.1) is 11.6 Å². The molecule has 6 heteroatoms. The molecule has 2 unspecified atom stereocenters. The maximum atomic E-state index is 11.6. The topological polar surface area (TPSA) is 79.3 Å². The van der Waals surface area contributed by atoms with Crippen molar-refractivity contribution in [3.8, 4) is 10.6 Å². The summed E-state index contributed by atoms with van der Waals surface area (Å²) < 4.78 is 0. The van der Waals surface area contributed by atoms with Gasteiger partial charge in [0, 0.05) is 35.0 Å². The van der Waals surface area contributed by atoms with E-state index in [4.69, 9.17) is 4.98 Å². The molecule has 1 fully saturated rings. The van der Waals surface area contributed by atoms with Crippen molar-refractivity contribution in [1.29, 1.82) is 0 Å². The Kier molecular flexibility index (Phi) is 7.20. The van der Waals surface area contributed by atoms with Gasteiger partial charge in [0.2, 0.25) is 0 Å². The number of aldehydes is 1. The average Bonchev–Trinajstić information content (AvgIpc) is 3.23. The lowest BCUT2D eigenvalue weighted by Crippen LogP contribution is -2.30. The standard InChI is InChI=1S/C26H30N2O3S/c1-2-3-7-23(26(30)31)21(15-29)14-27-22-11-10-17-8-9-19(12-20(17)13-22)25-28-24(16-32-25)18-5-4-6-18/h8-13,15-16,18,21,23,27H,2-7,14H2,1H3,(H,30,31). The molecule has 0 aliphatic heterocycles. The maximum Gasteiger partial charge on any atom is 0.307 e. The molecule has 1 heterocycles. The van der Waals surface area contributed by atoms with Crippen LogP contribution in [-0.2, 0) is 9.59 Å². The van der Waals surface area contributed by atoms with Gasteiger partial charge in [-0.2, -0.15) is 0 Å². The van der Waals surface area contributed by atoms with Crippen LogP contribution in [0.2, 0.25) is 0 Å². The fourth-order valence-electron chi connectivity index (χ4n) is 4.27. The molecule has 1 aromatic heterocycles. The Hall–Kier alpha value is -2.73. The van der Waals surface area contributed by atoms with Crippen LogP contribution in [0.15, 0.2) is 41.8 Å². The number of benzene rings is 2. The molecule has 2 N–H and O–H groups in total. The second-order valence-electron chi connectivity index (χ2n) is 8.75. The predicted molar refractivity (Wildman–Crippen MR) is 130 cm³/mol. The van der Waals surface area contributed by atoms with Gasteiger partial charge >= 0.3 is 5.97 Å². The zero-order valence-electron chi connectivity index (χ0n) is 18.4. The number of aromatic nitrogens is 1. The fraction of sp³-hybridized carbons (Fsp3) is 0.423. The third-order valence-corrected chi connectivity index (χ3v) is 7.46. The summed E-state index contributed by atoms with van der Waals surface area (Å²) in [6.07, 6.45) is 6.82. The molecule has 2 aromatic carbocycles. The Bertz CT molecular complexity index is 1090. The van der Waals surface area contributed by atoms with Gasteiger partial charge < -0.3 is 15.2 Å². The first-order chi connectivity index (χ1) is 15.6. The van der Waals surface area contributed by atoms with E-state index in [0.29, 0.717) is 18.9 Å². The molecule has 0 saturated heterocycles. The number of fused-ring (bicyclic) bond motifs is 1. The number of carboxylic acids is 1. The highest BCUT2D eigenvalue weighted by Gasteiger charge is 2.27. The normalized spacial score (nSPS) is 15.8. The lowest BCUT2D eigenvalue weighted by atomic mass is 9.83. The molecule has 32 heavy (non-hydrogen) atoms. The van der Waals surface area contributed by atoms with Gasteiger partial charge in [0.15, 0.2) is 0 Å². The molecule has 1 aliphatic rings. The van der Waals surface area contributed by atoms with E-state index >= 15 is 0 Å². The number of aliphatic carboxylic acids is 1. The van der Waals surface area contributed by atoms with E-state index in [1.165, 1.54) is 25.0 Å². The predicted octanol–water partition coefficient (Wildman–Crippen LogP) is 6.35. The molecule has 168 valence electrons. The summed E-state index contributed by atoms with van der Waals surface area (Å²) in [6, 6.07) is 12.5. The molecule has 3 aromatic rings. The van der Waals surface area contributed by atoms with Crippen LogP contribution in [0.5, 0.6) is 0 Å². The molecule has 0 bridgehead atoms. The number of thiazole rings is 1. The molecule has 1 aliphatic carbocycles. The van der Waals surface area contributed by atoms with E-state index in [0.717, 1.165) is 46.2 Å². The van der Waals surface area contributed by atoms with Gasteiger partial charge in [-0.3, -0.25) is 4.79 Å². The monoisotopic (exact) mass is 450 g/mol. The number of nitrogens with one attached hydrogen (secondary N) is 1. The molecule has 5 nitrogen and oxygen atoms in total. The van der Waals surface area contributed by atoms with Gasteiger partial charge in [-0.15, -0.1) is 11.3 Å². The van der Waals surface area contributed by atoms with Gasteiger partial charge in [-0.05, 0) is 48.2 Å². The summed E-state index contributed by atoms with van der Waals surface area (Å²) in [5.74, 6) is -1.47. The minimum absolute atomic E-state index is 0.312. The lowest BCUT2D eigenvalue weighted by molar-refractivity contribution is -0.145. The highest BCUT2D eigenvalue weighted by atomic mass is 32.1. The molecular formula is C26H30N2O3S. The average molecular weight is 451 g/mol. The fourth-order valence-corrected chi connectivity index (χ4v) is 5.16. The van der Waals surface area contributed by atoms with Crippen molar-refractivity contribution < 1.29 is 14.7 Å². The molecule has 0 amide bonds. The van der Waals surface area contributed by atoms with E-state index < -0.39 is 17.8 Å². The third-order valence-electron chi connectivity index (χ3n) is 6.55. The molecule has 0 spiro atoms. The van der Waals surface area contributed by atoms with Crippen molar-refractivity contribution in [3.05, 3.63) is 47.5 Å². The smallest absolute Gasteiger partial charge is 0.307 e. The van der Waals surface area contributed by atoms with Crippen molar-refractivity contribution in [2.24, 2.45) is 11.8 Å². The minimum Gasteiger partial charge on any atom is -0.481 e. The van der Waals surface area contributed by atoms with Crippen molar-refractivity contribution in [1.82, 2.24) is 4.98 Å². The summed E-state index contributed by atoms with van der Waals surface area (Å²) in [5.41, 5.74) is 3.22. The number of rotatable bonds is 11. The number of nitrogens with zero attached hydrogens (tertiary/aromatic N) is 1. The number of hydrogen-bond acceptors (Lipinski definition) is 5. The second-order valence-corrected chi connectivity index (χ2v) is 9.61. The van der Waals surface area contributed by atoms with E-state index in [9.17, 15) is 14.7 Å². The van der Waals surface area contributed by atoms with Crippen LogP contribution in [0, 0.1) is 11.8 Å². The summed E-state index contributed by atoms with van der Waals surface area (Å²) in [6.45, 7) is 2.34. The van der Waals surface area contributed by atoms with Crippen LogP contribution in [-0.4, -0.2) is 28.9 Å². The number of carbonyl (C=O) groups is 2. The van der Waals surface area contributed by atoms with Gasteiger partial charge in [-0.1, -0.05) is 44.4 Å². The summed E-state index contributed by atoms with van der Waals surface area (Å²) in [4.78, 5) is 28.1. The molecular weight excluding hydrogens is 420 g/mol. The highest BCUT2D eigenvalue weighted by molar-refractivity contribution is 7.13. The first-order valence-corrected chi connectivity index (χ1v) is 12.4. The molecule has 0 radical (unpaired) electrons. The van der Waals surface area contributed by atoms with E-state index in [2.05, 4.69) is 35.0 Å². The first-order valence-electron chi connectivity index (χ1n) is 11.5. The van der Waals surface area contributed by atoms with Crippen LogP contribution in [0.3, 0.4) is 0 Å². The van der Waals surface area contributed by atoms with Crippen LogP contribution < -0.4 is 5.32 Å². The summed E-state index contributed by atoms with van der Waals surface area (Å²) >= 11 is 1.70. The zero-order valence-corrected chi connectivity index (χ0v) is 19.2. The van der Waals surface area contributed by atoms with Gasteiger partial charge in [-0.25, -0.2) is 4.98 Å². The van der Waals surface area contributed by atoms with Gasteiger partial charge in [0.25, 0.3) is 0 Å². The van der Waals surface area contributed by atoms with Crippen molar-refractivity contribution in [2.45, 2.75) is 51.4 Å². The summed E-state index contributed by atoms with van der Waals surface area (Å²) in [5, 5.41) is 18.3. The number of carbonyl (C=O) groups excluding carboxylic acids is 1. The largest absolute Gasteiger partial charge is 0.481 e. The van der Waals surface area contributed by atoms with Crippen molar-refractivity contribution in [3.63, 3.8) is 0 Å². The van der Waals surface area contributed by atoms with Crippen LogP contribution >= 0.6 is 11.3 Å². The number of hydrogen-bond donors (Lipinski definition) is 2. The highest BCUT2D eigenvalue weighted by Crippen LogP contribution is 2.38. The maximum absolute atomic E-state index is 11.6. The SMILES string of the molecule is CCCCC(C(=O)O)C(C=O)CNc1ccc2ccc(-c3nc(C4CCC4)cs3)cc2c1. The van der Waals surface area contributed by atoms with E-state index in [1.54, 1.807) is 11.3 Å². The van der Waals surface area contributed by atoms with E-state index in [-0.39, 0.29) is 0 Å². The number of anilines is 1. The third kappa shape index (κ3) is 5.01. The van der Waals surface area contributed by atoms with Crippen LogP contribution in [0.1, 0.15) is 57.1 Å². The molecule has 4 rings (SSSR count).